The standard InChI is InChI=1S/C9H12N6O2/c1-3-17-9(16)8-11-12-13-15(8)6-7-10-4-5-14(7)2/h4-5H,3,6H2,1-2H3. The smallest absolute Gasteiger partial charge is 0.378 e. The number of nitrogens with zero attached hydrogens (tertiary/aromatic N) is 6. The summed E-state index contributed by atoms with van der Waals surface area (Å²) >= 11 is 0. The van der Waals surface area contributed by atoms with Gasteiger partial charge in [0.1, 0.15) is 12.4 Å². The molecule has 0 aliphatic carbocycles. The molecule has 0 unspecified atom stereocenters. The van der Waals surface area contributed by atoms with Crippen LogP contribution in [0.2, 0.25) is 0 Å². The van der Waals surface area contributed by atoms with Crippen molar-refractivity contribution in [3.8, 4) is 0 Å². The average molecular weight is 236 g/mol. The van der Waals surface area contributed by atoms with Crippen LogP contribution in [0.5, 0.6) is 0 Å². The van der Waals surface area contributed by atoms with Crippen LogP contribution in [-0.4, -0.2) is 42.3 Å². The second-order valence-corrected chi connectivity index (χ2v) is 3.33. The van der Waals surface area contributed by atoms with Crippen LogP contribution in [0.15, 0.2) is 12.4 Å². The van der Waals surface area contributed by atoms with E-state index >= 15 is 0 Å². The van der Waals surface area contributed by atoms with Gasteiger partial charge < -0.3 is 9.30 Å². The molecule has 2 heterocycles. The summed E-state index contributed by atoms with van der Waals surface area (Å²) in [5.74, 6) is 0.296. The molecule has 0 fully saturated rings. The summed E-state index contributed by atoms with van der Waals surface area (Å²) in [6.45, 7) is 2.34. The summed E-state index contributed by atoms with van der Waals surface area (Å²) in [4.78, 5) is 15.7. The molecule has 8 nitrogen and oxygen atoms in total. The largest absolute Gasteiger partial charge is 0.460 e. The average Bonchev–Trinajstić information content (AvgIpc) is 2.90. The Morgan fingerprint density at radius 3 is 3.00 bits per heavy atom. The number of hydrogen-bond acceptors (Lipinski definition) is 6. The first kappa shape index (κ1) is 11.2. The Morgan fingerprint density at radius 1 is 1.53 bits per heavy atom. The van der Waals surface area contributed by atoms with Gasteiger partial charge in [0.15, 0.2) is 0 Å². The molecule has 2 rings (SSSR count). The molecule has 0 saturated carbocycles. The van der Waals surface area contributed by atoms with Gasteiger partial charge in [0.2, 0.25) is 0 Å². The monoisotopic (exact) mass is 236 g/mol. The molecular formula is C9H12N6O2. The zero-order chi connectivity index (χ0) is 12.3. The molecule has 0 aliphatic heterocycles. The lowest BCUT2D eigenvalue weighted by Crippen LogP contribution is -2.16. The fraction of sp³-hybridized carbons (Fsp3) is 0.444. The second kappa shape index (κ2) is 4.73. The number of carbonyl (C=O) groups is 1. The maximum atomic E-state index is 11.5. The molecule has 8 heteroatoms. The molecule has 90 valence electrons. The van der Waals surface area contributed by atoms with Crippen molar-refractivity contribution in [1.82, 2.24) is 29.8 Å². The first-order chi connectivity index (χ1) is 8.22. The fourth-order valence-corrected chi connectivity index (χ4v) is 1.34. The van der Waals surface area contributed by atoms with Gasteiger partial charge in [-0.3, -0.25) is 0 Å². The summed E-state index contributed by atoms with van der Waals surface area (Å²) in [5.41, 5.74) is 0. The van der Waals surface area contributed by atoms with Gasteiger partial charge in [-0.25, -0.2) is 14.5 Å². The minimum absolute atomic E-state index is 0.0786. The number of imidazole rings is 1. The van der Waals surface area contributed by atoms with Gasteiger partial charge >= 0.3 is 5.97 Å². The maximum absolute atomic E-state index is 11.5. The Bertz CT molecular complexity index is 517. The summed E-state index contributed by atoms with van der Waals surface area (Å²) < 4.78 is 8.04. The molecule has 0 amide bonds. The van der Waals surface area contributed by atoms with E-state index in [1.54, 1.807) is 13.1 Å². The van der Waals surface area contributed by atoms with E-state index in [9.17, 15) is 4.79 Å². The Balaban J connectivity index is 2.20. The molecule has 0 spiro atoms. The first-order valence-electron chi connectivity index (χ1n) is 5.12. The van der Waals surface area contributed by atoms with E-state index in [1.165, 1.54) is 4.68 Å². The van der Waals surface area contributed by atoms with Crippen LogP contribution in [0.25, 0.3) is 0 Å². The lowest BCUT2D eigenvalue weighted by molar-refractivity contribution is 0.0505. The lowest BCUT2D eigenvalue weighted by Gasteiger charge is -2.04. The highest BCUT2D eigenvalue weighted by atomic mass is 16.5. The third-order valence-electron chi connectivity index (χ3n) is 2.20. The van der Waals surface area contributed by atoms with E-state index < -0.39 is 5.97 Å². The molecule has 0 aromatic carbocycles. The summed E-state index contributed by atoms with van der Waals surface area (Å²) in [6, 6.07) is 0. The highest BCUT2D eigenvalue weighted by molar-refractivity contribution is 5.85. The quantitative estimate of drug-likeness (QED) is 0.673. The number of ether oxygens (including phenoxy) is 1. The third kappa shape index (κ3) is 2.30. The van der Waals surface area contributed by atoms with Crippen LogP contribution < -0.4 is 0 Å². The van der Waals surface area contributed by atoms with E-state index in [0.717, 1.165) is 5.82 Å². The van der Waals surface area contributed by atoms with E-state index in [1.807, 2.05) is 17.8 Å². The molecule has 0 saturated heterocycles. The zero-order valence-electron chi connectivity index (χ0n) is 9.57. The number of rotatable bonds is 4. The van der Waals surface area contributed by atoms with Gasteiger partial charge in [0, 0.05) is 19.4 Å². The molecule has 0 radical (unpaired) electrons. The topological polar surface area (TPSA) is 87.7 Å². The molecule has 0 atom stereocenters. The van der Waals surface area contributed by atoms with Crippen molar-refractivity contribution in [2.75, 3.05) is 6.61 Å². The Hall–Kier alpha value is -2.25. The van der Waals surface area contributed by atoms with Gasteiger partial charge in [-0.2, -0.15) is 0 Å². The molecule has 0 aliphatic rings. The van der Waals surface area contributed by atoms with E-state index in [2.05, 4.69) is 20.5 Å². The number of aryl methyl sites for hydroxylation is 1. The van der Waals surface area contributed by atoms with Crippen molar-refractivity contribution in [2.24, 2.45) is 7.05 Å². The minimum atomic E-state index is -0.535. The minimum Gasteiger partial charge on any atom is -0.460 e. The van der Waals surface area contributed by atoms with E-state index in [0.29, 0.717) is 6.54 Å². The van der Waals surface area contributed by atoms with Gasteiger partial charge in [-0.1, -0.05) is 0 Å². The predicted molar refractivity (Wildman–Crippen MR) is 56.1 cm³/mol. The van der Waals surface area contributed by atoms with E-state index in [4.69, 9.17) is 4.74 Å². The van der Waals surface area contributed by atoms with Crippen LogP contribution in [0.1, 0.15) is 23.4 Å². The fourth-order valence-electron chi connectivity index (χ4n) is 1.34. The first-order valence-corrected chi connectivity index (χ1v) is 5.12. The van der Waals surface area contributed by atoms with Crippen LogP contribution >= 0.6 is 0 Å². The van der Waals surface area contributed by atoms with Crippen LogP contribution in [0, 0.1) is 0 Å². The molecule has 0 bridgehead atoms. The van der Waals surface area contributed by atoms with Crippen molar-refractivity contribution >= 4 is 5.97 Å². The Labute approximate surface area is 97.2 Å². The van der Waals surface area contributed by atoms with E-state index in [-0.39, 0.29) is 12.4 Å². The number of aromatic nitrogens is 6. The zero-order valence-corrected chi connectivity index (χ0v) is 9.57. The second-order valence-electron chi connectivity index (χ2n) is 3.33. The van der Waals surface area contributed by atoms with Gasteiger partial charge in [0.25, 0.3) is 5.82 Å². The van der Waals surface area contributed by atoms with Gasteiger partial charge in [0.05, 0.1) is 6.61 Å². The SMILES string of the molecule is CCOC(=O)c1nnnn1Cc1nccn1C. The summed E-state index contributed by atoms with van der Waals surface area (Å²) in [6.07, 6.45) is 3.48. The van der Waals surface area contributed by atoms with Crippen molar-refractivity contribution < 1.29 is 9.53 Å². The molecular weight excluding hydrogens is 224 g/mol. The number of tetrazole rings is 1. The van der Waals surface area contributed by atoms with Crippen LogP contribution in [0.4, 0.5) is 0 Å². The number of hydrogen-bond donors (Lipinski definition) is 0. The lowest BCUT2D eigenvalue weighted by atomic mass is 10.5. The maximum Gasteiger partial charge on any atom is 0.378 e. The van der Waals surface area contributed by atoms with Crippen LogP contribution in [-0.2, 0) is 18.3 Å². The normalized spacial score (nSPS) is 10.5. The Morgan fingerprint density at radius 2 is 2.35 bits per heavy atom. The highest BCUT2D eigenvalue weighted by Crippen LogP contribution is 2.01. The summed E-state index contributed by atoms with van der Waals surface area (Å²) in [7, 11) is 1.86. The van der Waals surface area contributed by atoms with Crippen molar-refractivity contribution in [1.29, 1.82) is 0 Å². The number of esters is 1. The van der Waals surface area contributed by atoms with Gasteiger partial charge in [-0.05, 0) is 17.4 Å². The van der Waals surface area contributed by atoms with Crippen molar-refractivity contribution in [3.63, 3.8) is 0 Å². The predicted octanol–water partition coefficient (Wildman–Crippen LogP) is -0.368. The number of carbonyl (C=O) groups excluding carboxylic acids is 1. The highest BCUT2D eigenvalue weighted by Gasteiger charge is 2.17. The molecule has 2 aromatic rings. The molecule has 17 heavy (non-hydrogen) atoms. The molecule has 0 N–H and O–H groups in total. The van der Waals surface area contributed by atoms with Crippen molar-refractivity contribution in [3.05, 3.63) is 24.0 Å². The Kier molecular flexibility index (Phi) is 3.12. The van der Waals surface area contributed by atoms with Gasteiger partial charge in [-0.15, -0.1) is 5.10 Å². The summed E-state index contributed by atoms with van der Waals surface area (Å²) in [5, 5.41) is 10.8. The van der Waals surface area contributed by atoms with Crippen molar-refractivity contribution in [2.45, 2.75) is 13.5 Å². The molecule has 2 aromatic heterocycles. The van der Waals surface area contributed by atoms with Crippen LogP contribution in [0.3, 0.4) is 0 Å². The third-order valence-corrected chi connectivity index (χ3v) is 2.20.